The highest BCUT2D eigenvalue weighted by atomic mass is 16.2. The highest BCUT2D eigenvalue weighted by Crippen LogP contribution is 2.25. The largest absolute Gasteiger partial charge is 0.373 e. The number of hydrogen-bond acceptors (Lipinski definition) is 3. The molecule has 0 saturated carbocycles. The Bertz CT molecular complexity index is 489. The zero-order valence-electron chi connectivity index (χ0n) is 12.1. The fourth-order valence-corrected chi connectivity index (χ4v) is 2.25. The minimum atomic E-state index is -0.532. The number of anilines is 1. The van der Waals surface area contributed by atoms with Crippen molar-refractivity contribution in [3.05, 3.63) is 29.8 Å². The first kappa shape index (κ1) is 14.4. The summed E-state index contributed by atoms with van der Waals surface area (Å²) in [5.41, 5.74) is 2.12. The number of para-hydroxylation sites is 1. The van der Waals surface area contributed by atoms with Crippen LogP contribution in [-0.2, 0) is 16.0 Å². The van der Waals surface area contributed by atoms with Crippen LogP contribution in [0.2, 0.25) is 0 Å². The first-order chi connectivity index (χ1) is 9.47. The number of nitrogens with one attached hydrogen (secondary N) is 3. The maximum atomic E-state index is 12.2. The van der Waals surface area contributed by atoms with Crippen LogP contribution in [0.3, 0.4) is 0 Å². The molecule has 1 aliphatic rings. The third kappa shape index (κ3) is 3.29. The van der Waals surface area contributed by atoms with E-state index in [9.17, 15) is 9.59 Å². The Morgan fingerprint density at radius 3 is 2.55 bits per heavy atom. The van der Waals surface area contributed by atoms with Crippen LogP contribution in [-0.4, -0.2) is 29.9 Å². The van der Waals surface area contributed by atoms with Crippen LogP contribution in [0.15, 0.2) is 24.3 Å². The molecule has 1 aromatic carbocycles. The molecule has 108 valence electrons. The summed E-state index contributed by atoms with van der Waals surface area (Å²) < 4.78 is 0. The molecule has 2 unspecified atom stereocenters. The number of hydrogen-bond donors (Lipinski definition) is 3. The fourth-order valence-electron chi connectivity index (χ4n) is 2.25. The second-order valence-electron chi connectivity index (χ2n) is 5.45. The van der Waals surface area contributed by atoms with Gasteiger partial charge < -0.3 is 16.0 Å². The lowest BCUT2D eigenvalue weighted by Gasteiger charge is -2.18. The van der Waals surface area contributed by atoms with Gasteiger partial charge in [-0.2, -0.15) is 0 Å². The average molecular weight is 275 g/mol. The Morgan fingerprint density at radius 2 is 1.90 bits per heavy atom. The van der Waals surface area contributed by atoms with Crippen molar-refractivity contribution in [1.82, 2.24) is 10.6 Å². The molecule has 0 spiro atoms. The van der Waals surface area contributed by atoms with Crippen molar-refractivity contribution in [2.45, 2.75) is 45.3 Å². The first-order valence-corrected chi connectivity index (χ1v) is 6.92. The van der Waals surface area contributed by atoms with E-state index in [2.05, 4.69) is 16.0 Å². The molecular formula is C15H21N3O2. The molecule has 0 bridgehead atoms. The first-order valence-electron chi connectivity index (χ1n) is 6.92. The van der Waals surface area contributed by atoms with Crippen molar-refractivity contribution in [1.29, 1.82) is 0 Å². The van der Waals surface area contributed by atoms with E-state index >= 15 is 0 Å². The van der Waals surface area contributed by atoms with Gasteiger partial charge in [-0.25, -0.2) is 0 Å². The highest BCUT2D eigenvalue weighted by Gasteiger charge is 2.28. The van der Waals surface area contributed by atoms with Crippen LogP contribution in [0.4, 0.5) is 5.69 Å². The summed E-state index contributed by atoms with van der Waals surface area (Å²) in [6, 6.07) is 7.08. The molecule has 20 heavy (non-hydrogen) atoms. The van der Waals surface area contributed by atoms with Gasteiger partial charge in [-0.1, -0.05) is 18.2 Å². The molecule has 0 fully saturated rings. The molecule has 3 N–H and O–H groups in total. The highest BCUT2D eigenvalue weighted by molar-refractivity contribution is 5.92. The molecule has 2 atom stereocenters. The maximum absolute atomic E-state index is 12.2. The lowest BCUT2D eigenvalue weighted by molar-refractivity contribution is -0.129. The van der Waals surface area contributed by atoms with Crippen molar-refractivity contribution in [2.24, 2.45) is 0 Å². The number of benzene rings is 1. The summed E-state index contributed by atoms with van der Waals surface area (Å²) in [5.74, 6) is -0.309. The SMILES string of the molecule is CC(C)NC(=O)C(C)NC(=O)C1Cc2ccccc2N1. The van der Waals surface area contributed by atoms with E-state index in [0.717, 1.165) is 11.3 Å². The van der Waals surface area contributed by atoms with E-state index < -0.39 is 6.04 Å². The number of carbonyl (C=O) groups excluding carboxylic acids is 2. The zero-order valence-corrected chi connectivity index (χ0v) is 12.1. The summed E-state index contributed by atoms with van der Waals surface area (Å²) in [6.45, 7) is 5.47. The standard InChI is InChI=1S/C15H21N3O2/c1-9(2)16-14(19)10(3)17-15(20)13-8-11-6-4-5-7-12(11)18-13/h4-7,9-10,13,18H,8H2,1-3H3,(H,16,19)(H,17,20). The van der Waals surface area contributed by atoms with Crippen molar-refractivity contribution >= 4 is 17.5 Å². The van der Waals surface area contributed by atoms with E-state index in [1.54, 1.807) is 6.92 Å². The smallest absolute Gasteiger partial charge is 0.243 e. The minimum Gasteiger partial charge on any atom is -0.373 e. The van der Waals surface area contributed by atoms with E-state index in [-0.39, 0.29) is 23.9 Å². The second kappa shape index (κ2) is 5.94. The summed E-state index contributed by atoms with van der Waals surface area (Å²) >= 11 is 0. The van der Waals surface area contributed by atoms with Crippen molar-refractivity contribution < 1.29 is 9.59 Å². The molecule has 0 aliphatic carbocycles. The van der Waals surface area contributed by atoms with Crippen molar-refractivity contribution in [3.63, 3.8) is 0 Å². The average Bonchev–Trinajstić information content (AvgIpc) is 2.81. The molecule has 2 amide bonds. The predicted molar refractivity (Wildman–Crippen MR) is 78.4 cm³/mol. The molecule has 5 heteroatoms. The van der Waals surface area contributed by atoms with Crippen molar-refractivity contribution in [3.8, 4) is 0 Å². The second-order valence-corrected chi connectivity index (χ2v) is 5.45. The molecule has 0 saturated heterocycles. The van der Waals surface area contributed by atoms with E-state index in [1.807, 2.05) is 38.1 Å². The summed E-state index contributed by atoms with van der Waals surface area (Å²) in [7, 11) is 0. The Balaban J connectivity index is 1.89. The van der Waals surface area contributed by atoms with Crippen LogP contribution < -0.4 is 16.0 Å². The molecular weight excluding hydrogens is 254 g/mol. The van der Waals surface area contributed by atoms with Gasteiger partial charge in [0.05, 0.1) is 0 Å². The quantitative estimate of drug-likeness (QED) is 0.769. The third-order valence-corrected chi connectivity index (χ3v) is 3.27. The minimum absolute atomic E-state index is 0.0655. The van der Waals surface area contributed by atoms with Gasteiger partial charge in [0.1, 0.15) is 12.1 Å². The predicted octanol–water partition coefficient (Wildman–Crippen LogP) is 1.05. The Labute approximate surface area is 119 Å². The lowest BCUT2D eigenvalue weighted by atomic mass is 10.1. The molecule has 0 radical (unpaired) electrons. The van der Waals surface area contributed by atoms with Gasteiger partial charge in [0, 0.05) is 18.2 Å². The summed E-state index contributed by atoms with van der Waals surface area (Å²) in [6.07, 6.45) is 0.653. The number of amides is 2. The zero-order chi connectivity index (χ0) is 14.7. The van der Waals surface area contributed by atoms with Crippen LogP contribution in [0.1, 0.15) is 26.3 Å². The van der Waals surface area contributed by atoms with Gasteiger partial charge >= 0.3 is 0 Å². The summed E-state index contributed by atoms with van der Waals surface area (Å²) in [5, 5.41) is 8.71. The monoisotopic (exact) mass is 275 g/mol. The van der Waals surface area contributed by atoms with Gasteiger partial charge in [0.2, 0.25) is 11.8 Å². The Morgan fingerprint density at radius 1 is 1.20 bits per heavy atom. The van der Waals surface area contributed by atoms with Gasteiger partial charge in [-0.3, -0.25) is 9.59 Å². The normalized spacial score (nSPS) is 18.1. The number of carbonyl (C=O) groups is 2. The maximum Gasteiger partial charge on any atom is 0.243 e. The Kier molecular flexibility index (Phi) is 4.27. The lowest BCUT2D eigenvalue weighted by Crippen LogP contribution is -2.50. The molecule has 2 rings (SSSR count). The van der Waals surface area contributed by atoms with Crippen LogP contribution in [0.5, 0.6) is 0 Å². The van der Waals surface area contributed by atoms with Crippen LogP contribution in [0, 0.1) is 0 Å². The molecule has 0 aromatic heterocycles. The number of rotatable bonds is 4. The third-order valence-electron chi connectivity index (χ3n) is 3.27. The van der Waals surface area contributed by atoms with Gasteiger partial charge in [-0.15, -0.1) is 0 Å². The van der Waals surface area contributed by atoms with Crippen LogP contribution in [0.25, 0.3) is 0 Å². The summed E-state index contributed by atoms with van der Waals surface area (Å²) in [4.78, 5) is 23.9. The van der Waals surface area contributed by atoms with Crippen LogP contribution >= 0.6 is 0 Å². The molecule has 5 nitrogen and oxygen atoms in total. The van der Waals surface area contributed by atoms with Gasteiger partial charge in [-0.05, 0) is 32.4 Å². The topological polar surface area (TPSA) is 70.2 Å². The number of fused-ring (bicyclic) bond motifs is 1. The van der Waals surface area contributed by atoms with E-state index in [1.165, 1.54) is 0 Å². The molecule has 1 aromatic rings. The van der Waals surface area contributed by atoms with E-state index in [4.69, 9.17) is 0 Å². The fraction of sp³-hybridized carbons (Fsp3) is 0.467. The Hall–Kier alpha value is -2.04. The molecule has 1 aliphatic heterocycles. The van der Waals surface area contributed by atoms with E-state index in [0.29, 0.717) is 6.42 Å². The molecule has 1 heterocycles. The van der Waals surface area contributed by atoms with Gasteiger partial charge in [0.25, 0.3) is 0 Å². The van der Waals surface area contributed by atoms with Gasteiger partial charge in [0.15, 0.2) is 0 Å². The van der Waals surface area contributed by atoms with Crippen molar-refractivity contribution in [2.75, 3.05) is 5.32 Å².